The molecule has 0 radical (unpaired) electrons. The van der Waals surface area contributed by atoms with E-state index in [4.69, 9.17) is 4.52 Å². The van der Waals surface area contributed by atoms with Crippen LogP contribution in [0.2, 0.25) is 0 Å². The lowest BCUT2D eigenvalue weighted by Gasteiger charge is -2.16. The van der Waals surface area contributed by atoms with E-state index in [0.717, 1.165) is 5.76 Å². The standard InChI is InChI=1S/C14H19N3O/c1-11(15-10-14-8-9-16-18-14)12-4-6-13(7-5-12)17(2)3/h4-9,11,15H,10H2,1-3H3. The van der Waals surface area contributed by atoms with Crippen molar-refractivity contribution >= 4 is 5.69 Å². The summed E-state index contributed by atoms with van der Waals surface area (Å²) in [5.74, 6) is 0.853. The molecule has 1 aromatic heterocycles. The highest BCUT2D eigenvalue weighted by Gasteiger charge is 2.06. The van der Waals surface area contributed by atoms with Crippen LogP contribution in [0.15, 0.2) is 41.1 Å². The maximum absolute atomic E-state index is 5.05. The van der Waals surface area contributed by atoms with Gasteiger partial charge in [-0.05, 0) is 24.6 Å². The Hall–Kier alpha value is -1.81. The van der Waals surface area contributed by atoms with Gasteiger partial charge in [-0.15, -0.1) is 0 Å². The molecule has 0 aliphatic carbocycles. The minimum Gasteiger partial charge on any atom is -0.378 e. The van der Waals surface area contributed by atoms with Gasteiger partial charge in [-0.2, -0.15) is 0 Å². The van der Waals surface area contributed by atoms with Gasteiger partial charge < -0.3 is 14.7 Å². The van der Waals surface area contributed by atoms with Crippen LogP contribution >= 0.6 is 0 Å². The van der Waals surface area contributed by atoms with E-state index < -0.39 is 0 Å². The van der Waals surface area contributed by atoms with Crippen LogP contribution in [-0.2, 0) is 6.54 Å². The van der Waals surface area contributed by atoms with Crippen molar-refractivity contribution in [1.29, 1.82) is 0 Å². The Morgan fingerprint density at radius 3 is 2.50 bits per heavy atom. The van der Waals surface area contributed by atoms with Crippen molar-refractivity contribution in [2.24, 2.45) is 0 Å². The molecule has 0 amide bonds. The molecule has 0 spiro atoms. The summed E-state index contributed by atoms with van der Waals surface area (Å²) in [6.07, 6.45) is 1.66. The zero-order chi connectivity index (χ0) is 13.0. The second-order valence-corrected chi connectivity index (χ2v) is 4.57. The molecule has 0 bridgehead atoms. The largest absolute Gasteiger partial charge is 0.378 e. The molecular formula is C14H19N3O. The summed E-state index contributed by atoms with van der Waals surface area (Å²) in [6, 6.07) is 10.7. The molecule has 0 aliphatic rings. The minimum atomic E-state index is 0.284. The quantitative estimate of drug-likeness (QED) is 0.879. The molecule has 1 unspecified atom stereocenters. The van der Waals surface area contributed by atoms with Crippen molar-refractivity contribution in [3.05, 3.63) is 47.9 Å². The number of benzene rings is 1. The highest BCUT2D eigenvalue weighted by molar-refractivity contribution is 5.46. The fourth-order valence-corrected chi connectivity index (χ4v) is 1.77. The maximum atomic E-state index is 5.05. The first-order valence-corrected chi connectivity index (χ1v) is 6.07. The van der Waals surface area contributed by atoms with Gasteiger partial charge in [0.05, 0.1) is 12.7 Å². The molecule has 96 valence electrons. The van der Waals surface area contributed by atoms with Crippen LogP contribution in [0.25, 0.3) is 0 Å². The highest BCUT2D eigenvalue weighted by atomic mass is 16.5. The lowest BCUT2D eigenvalue weighted by molar-refractivity contribution is 0.366. The Morgan fingerprint density at radius 2 is 1.94 bits per heavy atom. The van der Waals surface area contributed by atoms with Crippen molar-refractivity contribution in [2.45, 2.75) is 19.5 Å². The molecule has 0 fully saturated rings. The number of anilines is 1. The lowest BCUT2D eigenvalue weighted by atomic mass is 10.1. The third kappa shape index (κ3) is 3.11. The van der Waals surface area contributed by atoms with E-state index >= 15 is 0 Å². The van der Waals surface area contributed by atoms with Gasteiger partial charge in [-0.25, -0.2) is 0 Å². The van der Waals surface area contributed by atoms with Crippen molar-refractivity contribution in [2.75, 3.05) is 19.0 Å². The summed E-state index contributed by atoms with van der Waals surface area (Å²) in [7, 11) is 4.08. The summed E-state index contributed by atoms with van der Waals surface area (Å²) in [6.45, 7) is 2.83. The van der Waals surface area contributed by atoms with Crippen molar-refractivity contribution in [3.63, 3.8) is 0 Å². The number of hydrogen-bond acceptors (Lipinski definition) is 4. The average molecular weight is 245 g/mol. The van der Waals surface area contributed by atoms with Crippen LogP contribution in [0.4, 0.5) is 5.69 Å². The number of rotatable bonds is 5. The molecule has 1 aromatic carbocycles. The maximum Gasteiger partial charge on any atom is 0.150 e. The molecule has 1 N–H and O–H groups in total. The number of aromatic nitrogens is 1. The van der Waals surface area contributed by atoms with E-state index in [1.807, 2.05) is 20.2 Å². The lowest BCUT2D eigenvalue weighted by Crippen LogP contribution is -2.18. The van der Waals surface area contributed by atoms with Crippen LogP contribution in [0.5, 0.6) is 0 Å². The summed E-state index contributed by atoms with van der Waals surface area (Å²) in [5, 5.41) is 7.09. The molecule has 4 nitrogen and oxygen atoms in total. The van der Waals surface area contributed by atoms with Crippen LogP contribution in [0.3, 0.4) is 0 Å². The molecule has 2 aromatic rings. The molecule has 0 saturated heterocycles. The van der Waals surface area contributed by atoms with Gasteiger partial charge in [0.2, 0.25) is 0 Å². The predicted octanol–water partition coefficient (Wildman–Crippen LogP) is 2.59. The number of nitrogens with one attached hydrogen (secondary N) is 1. The SMILES string of the molecule is CC(NCc1ccno1)c1ccc(N(C)C)cc1. The molecule has 18 heavy (non-hydrogen) atoms. The van der Waals surface area contributed by atoms with Crippen LogP contribution in [0.1, 0.15) is 24.3 Å². The molecule has 2 rings (SSSR count). The fraction of sp³-hybridized carbons (Fsp3) is 0.357. The van der Waals surface area contributed by atoms with E-state index in [-0.39, 0.29) is 6.04 Å². The number of hydrogen-bond donors (Lipinski definition) is 1. The van der Waals surface area contributed by atoms with Crippen molar-refractivity contribution in [3.8, 4) is 0 Å². The second-order valence-electron chi connectivity index (χ2n) is 4.57. The summed E-state index contributed by atoms with van der Waals surface area (Å²) in [4.78, 5) is 2.09. The fourth-order valence-electron chi connectivity index (χ4n) is 1.77. The van der Waals surface area contributed by atoms with E-state index in [0.29, 0.717) is 6.54 Å². The Kier molecular flexibility index (Phi) is 3.99. The Bertz CT molecular complexity index is 462. The second kappa shape index (κ2) is 5.69. The third-order valence-corrected chi connectivity index (χ3v) is 2.98. The average Bonchev–Trinajstić information content (AvgIpc) is 2.89. The van der Waals surface area contributed by atoms with E-state index in [1.165, 1.54) is 11.3 Å². The smallest absolute Gasteiger partial charge is 0.150 e. The van der Waals surface area contributed by atoms with E-state index in [9.17, 15) is 0 Å². The van der Waals surface area contributed by atoms with E-state index in [2.05, 4.69) is 46.6 Å². The van der Waals surface area contributed by atoms with Gasteiger partial charge in [-0.3, -0.25) is 0 Å². The van der Waals surface area contributed by atoms with Gasteiger partial charge in [-0.1, -0.05) is 17.3 Å². The topological polar surface area (TPSA) is 41.3 Å². The molecule has 0 aliphatic heterocycles. The molecule has 0 saturated carbocycles. The zero-order valence-corrected chi connectivity index (χ0v) is 11.1. The normalized spacial score (nSPS) is 12.4. The first-order valence-electron chi connectivity index (χ1n) is 6.07. The number of nitrogens with zero attached hydrogens (tertiary/aromatic N) is 2. The van der Waals surface area contributed by atoms with Crippen LogP contribution in [0, 0.1) is 0 Å². The zero-order valence-electron chi connectivity index (χ0n) is 11.1. The Balaban J connectivity index is 1.94. The van der Waals surface area contributed by atoms with Gasteiger partial charge in [0, 0.05) is 31.9 Å². The Morgan fingerprint density at radius 1 is 1.22 bits per heavy atom. The summed E-state index contributed by atoms with van der Waals surface area (Å²) >= 11 is 0. The highest BCUT2D eigenvalue weighted by Crippen LogP contribution is 2.17. The van der Waals surface area contributed by atoms with Crippen molar-refractivity contribution in [1.82, 2.24) is 10.5 Å². The third-order valence-electron chi connectivity index (χ3n) is 2.98. The summed E-state index contributed by atoms with van der Waals surface area (Å²) in [5.41, 5.74) is 2.47. The first kappa shape index (κ1) is 12.6. The van der Waals surface area contributed by atoms with Gasteiger partial charge >= 0.3 is 0 Å². The Labute approximate surface area is 108 Å². The van der Waals surface area contributed by atoms with Crippen LogP contribution < -0.4 is 10.2 Å². The van der Waals surface area contributed by atoms with E-state index in [1.54, 1.807) is 6.20 Å². The first-order chi connectivity index (χ1) is 8.66. The minimum absolute atomic E-state index is 0.284. The summed E-state index contributed by atoms with van der Waals surface area (Å²) < 4.78 is 5.05. The molecule has 4 heteroatoms. The van der Waals surface area contributed by atoms with Gasteiger partial charge in [0.25, 0.3) is 0 Å². The van der Waals surface area contributed by atoms with Crippen molar-refractivity contribution < 1.29 is 4.52 Å². The molecule has 1 atom stereocenters. The predicted molar refractivity (Wildman–Crippen MR) is 72.5 cm³/mol. The van der Waals surface area contributed by atoms with Gasteiger partial charge in [0.1, 0.15) is 5.76 Å². The molecule has 1 heterocycles. The monoisotopic (exact) mass is 245 g/mol. The molecular weight excluding hydrogens is 226 g/mol. The van der Waals surface area contributed by atoms with Crippen LogP contribution in [-0.4, -0.2) is 19.3 Å². The van der Waals surface area contributed by atoms with Gasteiger partial charge in [0.15, 0.2) is 0 Å².